The van der Waals surface area contributed by atoms with E-state index in [1.807, 2.05) is 0 Å². The zero-order chi connectivity index (χ0) is 17.1. The molecule has 0 aromatic heterocycles. The Kier molecular flexibility index (Phi) is 12.9. The van der Waals surface area contributed by atoms with E-state index in [-0.39, 0.29) is 48.0 Å². The highest BCUT2D eigenvalue weighted by molar-refractivity contribution is 7.91. The highest BCUT2D eigenvalue weighted by Crippen LogP contribution is 1.97. The molecule has 0 atom stereocenters. The van der Waals surface area contributed by atoms with Crippen molar-refractivity contribution in [2.45, 2.75) is 41.0 Å². The van der Waals surface area contributed by atoms with Gasteiger partial charge in [-0.2, -0.15) is 0 Å². The molecule has 21 heavy (non-hydrogen) atoms. The van der Waals surface area contributed by atoms with Crippen LogP contribution in [0.1, 0.15) is 41.0 Å². The van der Waals surface area contributed by atoms with Crippen LogP contribution < -0.4 is 5.32 Å². The van der Waals surface area contributed by atoms with Crippen LogP contribution in [0.5, 0.6) is 0 Å². The standard InChI is InChI=1S/C10H18ClNO4S.C4H10/c1-8(2)10(14)12-7-9(13)3-5-17(15,16)6-4-11;1-4(2)3/h8H,3-7H2,1-2H3,(H,12,14);4H,1-3H3. The van der Waals surface area contributed by atoms with Gasteiger partial charge in [0, 0.05) is 18.2 Å². The van der Waals surface area contributed by atoms with Gasteiger partial charge in [-0.1, -0.05) is 34.6 Å². The van der Waals surface area contributed by atoms with Gasteiger partial charge in [-0.3, -0.25) is 9.59 Å². The first kappa shape index (κ1) is 22.7. The molecule has 0 aliphatic heterocycles. The van der Waals surface area contributed by atoms with Crippen molar-refractivity contribution >= 4 is 33.1 Å². The SMILES string of the molecule is CC(C)C.CC(C)C(=O)NCC(=O)CCS(=O)(=O)CCCl. The Morgan fingerprint density at radius 3 is 1.90 bits per heavy atom. The Balaban J connectivity index is 0. The van der Waals surface area contributed by atoms with Gasteiger partial charge in [0.1, 0.15) is 0 Å². The number of carbonyl (C=O) groups is 2. The second kappa shape index (κ2) is 12.0. The van der Waals surface area contributed by atoms with Gasteiger partial charge in [-0.25, -0.2) is 8.42 Å². The molecule has 0 unspecified atom stereocenters. The molecule has 0 aromatic carbocycles. The minimum absolute atomic E-state index is 0.0284. The predicted octanol–water partition coefficient (Wildman–Crippen LogP) is 2.03. The molecule has 0 radical (unpaired) electrons. The summed E-state index contributed by atoms with van der Waals surface area (Å²) >= 11 is 5.32. The molecule has 1 N–H and O–H groups in total. The van der Waals surface area contributed by atoms with Crippen molar-refractivity contribution in [1.82, 2.24) is 5.32 Å². The first-order valence-electron chi connectivity index (χ1n) is 7.07. The fourth-order valence-electron chi connectivity index (χ4n) is 0.967. The number of rotatable bonds is 8. The number of hydrogen-bond acceptors (Lipinski definition) is 4. The van der Waals surface area contributed by atoms with Crippen LogP contribution in [0.2, 0.25) is 0 Å². The lowest BCUT2D eigenvalue weighted by Crippen LogP contribution is -2.33. The highest BCUT2D eigenvalue weighted by atomic mass is 35.5. The third-order valence-electron chi connectivity index (χ3n) is 2.06. The zero-order valence-corrected chi connectivity index (χ0v) is 15.2. The molecule has 0 aliphatic carbocycles. The van der Waals surface area contributed by atoms with Crippen LogP contribution in [0.25, 0.3) is 0 Å². The number of sulfone groups is 1. The van der Waals surface area contributed by atoms with Gasteiger partial charge in [0.05, 0.1) is 18.1 Å². The van der Waals surface area contributed by atoms with Gasteiger partial charge in [-0.05, 0) is 5.92 Å². The van der Waals surface area contributed by atoms with E-state index in [9.17, 15) is 18.0 Å². The monoisotopic (exact) mass is 341 g/mol. The molecule has 0 saturated carbocycles. The summed E-state index contributed by atoms with van der Waals surface area (Å²) in [6, 6.07) is 0. The number of hydrogen-bond donors (Lipinski definition) is 1. The van der Waals surface area contributed by atoms with Crippen molar-refractivity contribution < 1.29 is 18.0 Å². The van der Waals surface area contributed by atoms with Crippen molar-refractivity contribution in [3.63, 3.8) is 0 Å². The molecule has 0 heterocycles. The normalized spacial score (nSPS) is 11.0. The number of halogens is 1. The van der Waals surface area contributed by atoms with E-state index in [2.05, 4.69) is 26.1 Å². The average Bonchev–Trinajstić information content (AvgIpc) is 2.32. The van der Waals surface area contributed by atoms with E-state index < -0.39 is 9.84 Å². The Morgan fingerprint density at radius 2 is 1.52 bits per heavy atom. The van der Waals surface area contributed by atoms with Gasteiger partial charge >= 0.3 is 0 Å². The smallest absolute Gasteiger partial charge is 0.222 e. The van der Waals surface area contributed by atoms with Crippen molar-refractivity contribution in [2.75, 3.05) is 23.9 Å². The number of carbonyl (C=O) groups excluding carboxylic acids is 2. The number of Topliss-reactive ketones (excluding diaryl/α,β-unsaturated/α-hetero) is 1. The molecule has 1 amide bonds. The summed E-state index contributed by atoms with van der Waals surface area (Å²) in [6.07, 6.45) is -0.0857. The van der Waals surface area contributed by atoms with Gasteiger partial charge < -0.3 is 5.32 Å². The average molecular weight is 342 g/mol. The third-order valence-corrected chi connectivity index (χ3v) is 4.13. The summed E-state index contributed by atoms with van der Waals surface area (Å²) in [5.74, 6) is -0.182. The quantitative estimate of drug-likeness (QED) is 0.685. The van der Waals surface area contributed by atoms with Crippen molar-refractivity contribution in [3.05, 3.63) is 0 Å². The molecule has 0 bridgehead atoms. The summed E-state index contributed by atoms with van der Waals surface area (Å²) in [5.41, 5.74) is 0. The number of alkyl halides is 1. The Bertz CT molecular complexity index is 402. The molecule has 0 saturated heterocycles. The van der Waals surface area contributed by atoms with Gasteiger partial charge in [-0.15, -0.1) is 11.6 Å². The second-order valence-electron chi connectivity index (χ2n) is 5.73. The van der Waals surface area contributed by atoms with Crippen LogP contribution >= 0.6 is 11.6 Å². The van der Waals surface area contributed by atoms with Crippen LogP contribution in [-0.4, -0.2) is 44.0 Å². The molecular formula is C14H28ClNO4S. The lowest BCUT2D eigenvalue weighted by atomic mass is 10.2. The summed E-state index contributed by atoms with van der Waals surface area (Å²) in [7, 11) is -3.25. The molecule has 0 spiro atoms. The van der Waals surface area contributed by atoms with Gasteiger partial charge in [0.25, 0.3) is 0 Å². The van der Waals surface area contributed by atoms with E-state index in [1.54, 1.807) is 13.8 Å². The molecule has 0 rings (SSSR count). The van der Waals surface area contributed by atoms with Gasteiger partial charge in [0.2, 0.25) is 5.91 Å². The van der Waals surface area contributed by atoms with E-state index in [1.165, 1.54) is 0 Å². The first-order chi connectivity index (χ1) is 9.51. The maximum absolute atomic E-state index is 11.3. The molecule has 0 aromatic rings. The second-order valence-corrected chi connectivity index (χ2v) is 8.42. The molecule has 0 aliphatic rings. The number of ketones is 1. The fraction of sp³-hybridized carbons (Fsp3) is 0.857. The van der Waals surface area contributed by atoms with Crippen LogP contribution in [-0.2, 0) is 19.4 Å². The Labute approximate surface area is 133 Å². The van der Waals surface area contributed by atoms with E-state index in [0.717, 1.165) is 5.92 Å². The largest absolute Gasteiger partial charge is 0.349 e. The maximum atomic E-state index is 11.3. The van der Waals surface area contributed by atoms with E-state index in [0.29, 0.717) is 0 Å². The van der Waals surface area contributed by atoms with Gasteiger partial charge in [0.15, 0.2) is 15.6 Å². The summed E-state index contributed by atoms with van der Waals surface area (Å²) in [4.78, 5) is 22.5. The molecule has 5 nitrogen and oxygen atoms in total. The van der Waals surface area contributed by atoms with E-state index in [4.69, 9.17) is 11.6 Å². The van der Waals surface area contributed by atoms with Crippen molar-refractivity contribution in [1.29, 1.82) is 0 Å². The van der Waals surface area contributed by atoms with Crippen LogP contribution in [0.15, 0.2) is 0 Å². The maximum Gasteiger partial charge on any atom is 0.222 e. The lowest BCUT2D eigenvalue weighted by molar-refractivity contribution is -0.127. The minimum Gasteiger partial charge on any atom is -0.349 e. The fourth-order valence-corrected chi connectivity index (χ4v) is 2.65. The zero-order valence-electron chi connectivity index (χ0n) is 13.6. The number of amides is 1. The Hall–Kier alpha value is -0.620. The Morgan fingerprint density at radius 1 is 1.05 bits per heavy atom. The minimum atomic E-state index is -3.25. The molecule has 126 valence electrons. The predicted molar refractivity (Wildman–Crippen MR) is 87.4 cm³/mol. The lowest BCUT2D eigenvalue weighted by Gasteiger charge is -2.06. The van der Waals surface area contributed by atoms with Crippen LogP contribution in [0.4, 0.5) is 0 Å². The third kappa shape index (κ3) is 17.3. The summed E-state index contributed by atoms with van der Waals surface area (Å²) in [6.45, 7) is 9.81. The number of nitrogens with one attached hydrogen (secondary N) is 1. The summed E-state index contributed by atoms with van der Waals surface area (Å²) in [5, 5.41) is 2.44. The van der Waals surface area contributed by atoms with Crippen LogP contribution in [0, 0.1) is 11.8 Å². The topological polar surface area (TPSA) is 80.3 Å². The molecule has 7 heteroatoms. The van der Waals surface area contributed by atoms with Crippen LogP contribution in [0.3, 0.4) is 0 Å². The van der Waals surface area contributed by atoms with Crippen molar-refractivity contribution in [3.8, 4) is 0 Å². The highest BCUT2D eigenvalue weighted by Gasteiger charge is 2.14. The van der Waals surface area contributed by atoms with Crippen molar-refractivity contribution in [2.24, 2.45) is 11.8 Å². The first-order valence-corrected chi connectivity index (χ1v) is 9.43. The van der Waals surface area contributed by atoms with E-state index >= 15 is 0 Å². The molecular weight excluding hydrogens is 314 g/mol. The summed E-state index contributed by atoms with van der Waals surface area (Å²) < 4.78 is 22.5. The molecule has 0 fully saturated rings.